The van der Waals surface area contributed by atoms with E-state index in [0.29, 0.717) is 0 Å². The number of rotatable bonds is 7. The molecule has 0 saturated carbocycles. The molecule has 0 aromatic heterocycles. The lowest BCUT2D eigenvalue weighted by molar-refractivity contribution is -0.146. The molecule has 84 valence electrons. The zero-order valence-electron chi connectivity index (χ0n) is 9.46. The van der Waals surface area contributed by atoms with E-state index in [1.807, 2.05) is 0 Å². The number of aliphatic hydroxyl groups excluding tert-OH is 1. The first-order valence-corrected chi connectivity index (χ1v) is 5.59. The van der Waals surface area contributed by atoms with Crippen molar-refractivity contribution in [2.24, 2.45) is 5.41 Å². The van der Waals surface area contributed by atoms with Gasteiger partial charge in [-0.25, -0.2) is 0 Å². The Morgan fingerprint density at radius 2 is 2.07 bits per heavy atom. The lowest BCUT2D eigenvalue weighted by atomic mass is 9.86. The minimum absolute atomic E-state index is 0.0426. The van der Waals surface area contributed by atoms with Crippen molar-refractivity contribution in [2.75, 3.05) is 40.0 Å². The highest BCUT2D eigenvalue weighted by atomic mass is 16.5. The Morgan fingerprint density at radius 1 is 1.36 bits per heavy atom. The quantitative estimate of drug-likeness (QED) is 0.626. The van der Waals surface area contributed by atoms with E-state index in [0.717, 1.165) is 26.3 Å². The van der Waals surface area contributed by atoms with Gasteiger partial charge in [-0.15, -0.1) is 0 Å². The van der Waals surface area contributed by atoms with Crippen molar-refractivity contribution in [3.8, 4) is 0 Å². The monoisotopic (exact) mass is 201 g/mol. The molecule has 0 radical (unpaired) electrons. The lowest BCUT2D eigenvalue weighted by Gasteiger charge is -2.42. The van der Waals surface area contributed by atoms with Crippen molar-refractivity contribution in [2.45, 2.75) is 26.2 Å². The Bertz CT molecular complexity index is 152. The third-order valence-electron chi connectivity index (χ3n) is 2.90. The summed E-state index contributed by atoms with van der Waals surface area (Å²) in [6.45, 7) is 6.02. The van der Waals surface area contributed by atoms with Crippen LogP contribution >= 0.6 is 0 Å². The van der Waals surface area contributed by atoms with Crippen LogP contribution in [0, 0.1) is 5.41 Å². The number of hydrogen-bond donors (Lipinski definition) is 1. The van der Waals surface area contributed by atoms with Crippen LogP contribution in [0.25, 0.3) is 0 Å². The van der Waals surface area contributed by atoms with Gasteiger partial charge in [-0.1, -0.05) is 19.8 Å². The minimum Gasteiger partial charge on any atom is -0.396 e. The van der Waals surface area contributed by atoms with Crippen LogP contribution in [0.1, 0.15) is 26.2 Å². The molecule has 1 fully saturated rings. The molecule has 0 spiro atoms. The summed E-state index contributed by atoms with van der Waals surface area (Å²) in [7, 11) is 2.13. The highest BCUT2D eigenvalue weighted by molar-refractivity contribution is 4.87. The van der Waals surface area contributed by atoms with Crippen LogP contribution in [0.15, 0.2) is 0 Å². The van der Waals surface area contributed by atoms with E-state index < -0.39 is 0 Å². The van der Waals surface area contributed by atoms with Crippen LogP contribution in [-0.4, -0.2) is 50.0 Å². The highest BCUT2D eigenvalue weighted by Gasteiger charge is 2.38. The molecule has 3 heteroatoms. The van der Waals surface area contributed by atoms with Crippen LogP contribution in [-0.2, 0) is 4.74 Å². The second-order valence-electron chi connectivity index (χ2n) is 4.60. The summed E-state index contributed by atoms with van der Waals surface area (Å²) in [4.78, 5) is 2.31. The van der Waals surface area contributed by atoms with Gasteiger partial charge in [-0.05, 0) is 20.0 Å². The standard InChI is InChI=1S/C11H23NO2/c1-3-4-5-6-12(2)7-11(8-13)9-14-10-11/h13H,3-10H2,1-2H3. The third-order valence-corrected chi connectivity index (χ3v) is 2.90. The van der Waals surface area contributed by atoms with Gasteiger partial charge in [-0.3, -0.25) is 0 Å². The smallest absolute Gasteiger partial charge is 0.0579 e. The Balaban J connectivity index is 2.15. The fourth-order valence-electron chi connectivity index (χ4n) is 1.91. The van der Waals surface area contributed by atoms with Gasteiger partial charge in [0, 0.05) is 6.54 Å². The fourth-order valence-corrected chi connectivity index (χ4v) is 1.91. The number of nitrogens with zero attached hydrogens (tertiary/aromatic N) is 1. The van der Waals surface area contributed by atoms with Crippen LogP contribution in [0.3, 0.4) is 0 Å². The predicted octanol–water partition coefficient (Wildman–Crippen LogP) is 1.12. The molecule has 0 aromatic carbocycles. The molecule has 0 atom stereocenters. The van der Waals surface area contributed by atoms with Crippen molar-refractivity contribution in [3.05, 3.63) is 0 Å². The van der Waals surface area contributed by atoms with Crippen molar-refractivity contribution in [1.82, 2.24) is 4.90 Å². The fraction of sp³-hybridized carbons (Fsp3) is 1.00. The lowest BCUT2D eigenvalue weighted by Crippen LogP contribution is -2.52. The first-order chi connectivity index (χ1) is 6.72. The van der Waals surface area contributed by atoms with Gasteiger partial charge in [0.15, 0.2) is 0 Å². The molecule has 0 bridgehead atoms. The van der Waals surface area contributed by atoms with Crippen molar-refractivity contribution in [1.29, 1.82) is 0 Å². The summed E-state index contributed by atoms with van der Waals surface area (Å²) in [5.74, 6) is 0. The summed E-state index contributed by atoms with van der Waals surface area (Å²) in [6, 6.07) is 0. The summed E-state index contributed by atoms with van der Waals surface area (Å²) in [5, 5.41) is 9.25. The first kappa shape index (κ1) is 12.0. The van der Waals surface area contributed by atoms with Gasteiger partial charge >= 0.3 is 0 Å². The minimum atomic E-state index is 0.0426. The molecule has 14 heavy (non-hydrogen) atoms. The molecule has 0 amide bonds. The van der Waals surface area contributed by atoms with E-state index in [9.17, 15) is 5.11 Å². The van der Waals surface area contributed by atoms with E-state index in [4.69, 9.17) is 4.74 Å². The molecular weight excluding hydrogens is 178 g/mol. The summed E-state index contributed by atoms with van der Waals surface area (Å²) in [6.07, 6.45) is 3.82. The topological polar surface area (TPSA) is 32.7 Å². The Morgan fingerprint density at radius 3 is 2.50 bits per heavy atom. The van der Waals surface area contributed by atoms with Gasteiger partial charge in [0.2, 0.25) is 0 Å². The first-order valence-electron chi connectivity index (χ1n) is 5.59. The number of aliphatic hydroxyl groups is 1. The van der Waals surface area contributed by atoms with E-state index in [1.165, 1.54) is 19.3 Å². The highest BCUT2D eigenvalue weighted by Crippen LogP contribution is 2.27. The molecule has 0 aromatic rings. The summed E-state index contributed by atoms with van der Waals surface area (Å²) in [5.41, 5.74) is 0.0426. The molecule has 1 heterocycles. The number of ether oxygens (including phenoxy) is 1. The van der Waals surface area contributed by atoms with E-state index in [-0.39, 0.29) is 12.0 Å². The van der Waals surface area contributed by atoms with Gasteiger partial charge < -0.3 is 14.7 Å². The average Bonchev–Trinajstić information content (AvgIpc) is 2.12. The maximum atomic E-state index is 9.25. The van der Waals surface area contributed by atoms with Crippen LogP contribution in [0.2, 0.25) is 0 Å². The zero-order valence-corrected chi connectivity index (χ0v) is 9.46. The van der Waals surface area contributed by atoms with Crippen LogP contribution in [0.5, 0.6) is 0 Å². The predicted molar refractivity (Wildman–Crippen MR) is 57.4 cm³/mol. The average molecular weight is 201 g/mol. The zero-order chi connectivity index (χ0) is 10.4. The summed E-state index contributed by atoms with van der Waals surface area (Å²) >= 11 is 0. The van der Waals surface area contributed by atoms with Gasteiger partial charge in [-0.2, -0.15) is 0 Å². The molecular formula is C11H23NO2. The van der Waals surface area contributed by atoms with Gasteiger partial charge in [0.1, 0.15) is 0 Å². The Labute approximate surface area is 87.1 Å². The normalized spacial score (nSPS) is 19.7. The van der Waals surface area contributed by atoms with Gasteiger partial charge in [0.05, 0.1) is 25.2 Å². The van der Waals surface area contributed by atoms with Crippen LogP contribution < -0.4 is 0 Å². The molecule has 1 rings (SSSR count). The second kappa shape index (κ2) is 5.69. The molecule has 1 aliphatic heterocycles. The van der Waals surface area contributed by atoms with E-state index >= 15 is 0 Å². The third kappa shape index (κ3) is 3.23. The molecule has 0 unspecified atom stereocenters. The maximum Gasteiger partial charge on any atom is 0.0579 e. The molecule has 1 N–H and O–H groups in total. The van der Waals surface area contributed by atoms with Gasteiger partial charge in [0.25, 0.3) is 0 Å². The maximum absolute atomic E-state index is 9.25. The molecule has 0 aliphatic carbocycles. The second-order valence-corrected chi connectivity index (χ2v) is 4.60. The molecule has 1 aliphatic rings. The Hall–Kier alpha value is -0.120. The largest absolute Gasteiger partial charge is 0.396 e. The van der Waals surface area contributed by atoms with Crippen molar-refractivity contribution in [3.63, 3.8) is 0 Å². The number of unbranched alkanes of at least 4 members (excludes halogenated alkanes) is 2. The molecule has 3 nitrogen and oxygen atoms in total. The van der Waals surface area contributed by atoms with E-state index in [2.05, 4.69) is 18.9 Å². The molecule has 1 saturated heterocycles. The van der Waals surface area contributed by atoms with Crippen LogP contribution in [0.4, 0.5) is 0 Å². The van der Waals surface area contributed by atoms with E-state index in [1.54, 1.807) is 0 Å². The Kier molecular flexibility index (Phi) is 4.85. The number of hydrogen-bond acceptors (Lipinski definition) is 3. The SMILES string of the molecule is CCCCCN(C)CC1(CO)COC1. The summed E-state index contributed by atoms with van der Waals surface area (Å²) < 4.78 is 5.17. The van der Waals surface area contributed by atoms with Crippen molar-refractivity contribution >= 4 is 0 Å². The van der Waals surface area contributed by atoms with Crippen molar-refractivity contribution < 1.29 is 9.84 Å².